The van der Waals surface area contributed by atoms with Crippen LogP contribution in [-0.2, 0) is 4.74 Å². The van der Waals surface area contributed by atoms with E-state index in [1.54, 1.807) is 19.9 Å². The number of hydrogen-bond acceptors (Lipinski definition) is 4. The summed E-state index contributed by atoms with van der Waals surface area (Å²) < 4.78 is 11.5. The molecule has 6 heteroatoms. The van der Waals surface area contributed by atoms with Crippen LogP contribution in [0.2, 0.25) is 0 Å². The van der Waals surface area contributed by atoms with Crippen molar-refractivity contribution in [1.29, 1.82) is 0 Å². The lowest BCUT2D eigenvalue weighted by Crippen LogP contribution is -2.15. The van der Waals surface area contributed by atoms with Gasteiger partial charge in [0, 0.05) is 4.47 Å². The Morgan fingerprint density at radius 2 is 1.94 bits per heavy atom. The zero-order valence-corrected chi connectivity index (χ0v) is 12.9. The third kappa shape index (κ3) is 3.13. The highest BCUT2D eigenvalue weighted by Gasteiger charge is 2.23. The maximum atomic E-state index is 11.9. The summed E-state index contributed by atoms with van der Waals surface area (Å²) in [5, 5.41) is 0. The first-order valence-electron chi connectivity index (χ1n) is 4.91. The van der Waals surface area contributed by atoms with Crippen LogP contribution >= 0.6 is 31.9 Å². The van der Waals surface area contributed by atoms with E-state index < -0.39 is 5.97 Å². The number of methoxy groups -OCH3 is 1. The molecular formula is C11H13Br2NO3. The first-order chi connectivity index (χ1) is 7.88. The van der Waals surface area contributed by atoms with Crippen molar-refractivity contribution in [3.8, 4) is 5.75 Å². The Labute approximate surface area is 117 Å². The van der Waals surface area contributed by atoms with E-state index in [9.17, 15) is 4.79 Å². The van der Waals surface area contributed by atoms with E-state index >= 15 is 0 Å². The molecule has 0 spiro atoms. The molecule has 1 aromatic rings. The Morgan fingerprint density at radius 1 is 1.35 bits per heavy atom. The molecule has 0 aliphatic heterocycles. The normalized spacial score (nSPS) is 10.5. The predicted octanol–water partition coefficient (Wildman–Crippen LogP) is 3.37. The maximum Gasteiger partial charge on any atom is 0.344 e. The molecule has 0 aliphatic rings. The van der Waals surface area contributed by atoms with E-state index in [4.69, 9.17) is 15.2 Å². The van der Waals surface area contributed by atoms with Crippen molar-refractivity contribution < 1.29 is 14.3 Å². The average Bonchev–Trinajstić information content (AvgIpc) is 2.21. The molecule has 0 heterocycles. The highest BCUT2D eigenvalue weighted by atomic mass is 79.9. The molecule has 0 unspecified atom stereocenters. The summed E-state index contributed by atoms with van der Waals surface area (Å²) in [5.74, 6) is -0.132. The minimum Gasteiger partial charge on any atom is -0.495 e. The number of benzene rings is 1. The number of carbonyl (C=O) groups is 1. The molecule has 1 aromatic carbocycles. The Morgan fingerprint density at radius 3 is 2.41 bits per heavy atom. The quantitative estimate of drug-likeness (QED) is 0.658. The monoisotopic (exact) mass is 365 g/mol. The second-order valence-corrected chi connectivity index (χ2v) is 5.32. The van der Waals surface area contributed by atoms with Crippen LogP contribution in [0, 0.1) is 0 Å². The van der Waals surface area contributed by atoms with Crippen LogP contribution in [0.3, 0.4) is 0 Å². The van der Waals surface area contributed by atoms with Crippen LogP contribution in [0.5, 0.6) is 5.75 Å². The Hall–Kier alpha value is -0.750. The van der Waals surface area contributed by atoms with E-state index in [-0.39, 0.29) is 11.7 Å². The molecule has 0 aliphatic carbocycles. The average molecular weight is 367 g/mol. The molecule has 0 saturated heterocycles. The largest absolute Gasteiger partial charge is 0.495 e. The predicted molar refractivity (Wildman–Crippen MR) is 73.4 cm³/mol. The summed E-state index contributed by atoms with van der Waals surface area (Å²) in [5.41, 5.74) is 6.38. The number of hydrogen-bond donors (Lipinski definition) is 1. The van der Waals surface area contributed by atoms with Gasteiger partial charge >= 0.3 is 5.97 Å². The SMILES string of the molecule is COc1c(Br)cc(Br)c(N)c1C(=O)OC(C)C. The Kier molecular flexibility index (Phi) is 4.82. The van der Waals surface area contributed by atoms with Crippen LogP contribution in [0.25, 0.3) is 0 Å². The van der Waals surface area contributed by atoms with E-state index in [1.165, 1.54) is 7.11 Å². The fourth-order valence-electron chi connectivity index (χ4n) is 1.29. The lowest BCUT2D eigenvalue weighted by molar-refractivity contribution is 0.0375. The first kappa shape index (κ1) is 14.3. The molecular weight excluding hydrogens is 354 g/mol. The van der Waals surface area contributed by atoms with Crippen molar-refractivity contribution in [3.63, 3.8) is 0 Å². The van der Waals surface area contributed by atoms with Gasteiger partial charge in [0.05, 0.1) is 23.4 Å². The lowest BCUT2D eigenvalue weighted by atomic mass is 10.1. The topological polar surface area (TPSA) is 61.5 Å². The van der Waals surface area contributed by atoms with E-state index in [0.29, 0.717) is 20.4 Å². The van der Waals surface area contributed by atoms with Crippen LogP contribution in [0.4, 0.5) is 5.69 Å². The molecule has 94 valence electrons. The van der Waals surface area contributed by atoms with Crippen molar-refractivity contribution in [2.24, 2.45) is 0 Å². The highest BCUT2D eigenvalue weighted by Crippen LogP contribution is 2.38. The first-order valence-corrected chi connectivity index (χ1v) is 6.49. The van der Waals surface area contributed by atoms with Gasteiger partial charge in [-0.05, 0) is 51.8 Å². The number of esters is 1. The molecule has 0 fully saturated rings. The van der Waals surface area contributed by atoms with Crippen LogP contribution in [-0.4, -0.2) is 19.2 Å². The third-order valence-corrected chi connectivity index (χ3v) is 3.22. The van der Waals surface area contributed by atoms with Gasteiger partial charge in [-0.2, -0.15) is 0 Å². The van der Waals surface area contributed by atoms with Crippen LogP contribution in [0.15, 0.2) is 15.0 Å². The Bertz CT molecular complexity index is 447. The lowest BCUT2D eigenvalue weighted by Gasteiger charge is -2.15. The number of anilines is 1. The minimum atomic E-state index is -0.503. The van der Waals surface area contributed by atoms with Crippen molar-refractivity contribution >= 4 is 43.5 Å². The van der Waals surface area contributed by atoms with E-state index in [2.05, 4.69) is 31.9 Å². The van der Waals surface area contributed by atoms with Gasteiger partial charge < -0.3 is 15.2 Å². The van der Waals surface area contributed by atoms with Gasteiger partial charge in [-0.3, -0.25) is 0 Å². The number of nitrogen functional groups attached to an aromatic ring is 1. The van der Waals surface area contributed by atoms with Crippen molar-refractivity contribution in [2.45, 2.75) is 20.0 Å². The summed E-state index contributed by atoms with van der Waals surface area (Å²) in [4.78, 5) is 11.9. The van der Waals surface area contributed by atoms with Gasteiger partial charge in [0.15, 0.2) is 0 Å². The molecule has 0 aromatic heterocycles. The smallest absolute Gasteiger partial charge is 0.344 e. The molecule has 0 radical (unpaired) electrons. The second-order valence-electron chi connectivity index (χ2n) is 3.62. The second kappa shape index (κ2) is 5.73. The summed E-state index contributed by atoms with van der Waals surface area (Å²) in [6.45, 7) is 3.54. The number of halogens is 2. The van der Waals surface area contributed by atoms with Gasteiger partial charge in [0.2, 0.25) is 0 Å². The highest BCUT2D eigenvalue weighted by molar-refractivity contribution is 9.11. The standard InChI is InChI=1S/C11H13Br2NO3/c1-5(2)17-11(15)8-9(14)6(12)4-7(13)10(8)16-3/h4-5H,14H2,1-3H3. The van der Waals surface area contributed by atoms with Gasteiger partial charge in [-0.1, -0.05) is 0 Å². The van der Waals surface area contributed by atoms with Gasteiger partial charge in [-0.25, -0.2) is 4.79 Å². The van der Waals surface area contributed by atoms with E-state index in [1.807, 2.05) is 0 Å². The molecule has 0 atom stereocenters. The van der Waals surface area contributed by atoms with E-state index in [0.717, 1.165) is 0 Å². The molecule has 17 heavy (non-hydrogen) atoms. The minimum absolute atomic E-state index is 0.218. The number of carbonyl (C=O) groups excluding carboxylic acids is 1. The molecule has 1 rings (SSSR count). The zero-order valence-electron chi connectivity index (χ0n) is 9.71. The molecule has 0 bridgehead atoms. The van der Waals surface area contributed by atoms with Crippen molar-refractivity contribution in [2.75, 3.05) is 12.8 Å². The number of ether oxygens (including phenoxy) is 2. The third-order valence-electron chi connectivity index (χ3n) is 1.98. The fourth-order valence-corrected chi connectivity index (χ4v) is 2.61. The maximum absolute atomic E-state index is 11.9. The van der Waals surface area contributed by atoms with Gasteiger partial charge in [0.1, 0.15) is 11.3 Å². The van der Waals surface area contributed by atoms with Crippen molar-refractivity contribution in [1.82, 2.24) is 0 Å². The Balaban J connectivity index is 3.34. The molecule has 0 saturated carbocycles. The molecule has 0 amide bonds. The molecule has 2 N–H and O–H groups in total. The van der Waals surface area contributed by atoms with Crippen LogP contribution in [0.1, 0.15) is 24.2 Å². The number of nitrogens with two attached hydrogens (primary N) is 1. The summed E-state index contributed by atoms with van der Waals surface area (Å²) in [7, 11) is 1.47. The number of rotatable bonds is 3. The summed E-state index contributed by atoms with van der Waals surface area (Å²) >= 11 is 6.58. The van der Waals surface area contributed by atoms with Crippen LogP contribution < -0.4 is 10.5 Å². The van der Waals surface area contributed by atoms with Crippen molar-refractivity contribution in [3.05, 3.63) is 20.6 Å². The fraction of sp³-hybridized carbons (Fsp3) is 0.364. The zero-order chi connectivity index (χ0) is 13.2. The van der Waals surface area contributed by atoms with Gasteiger partial charge in [-0.15, -0.1) is 0 Å². The summed E-state index contributed by atoms with van der Waals surface area (Å²) in [6.07, 6.45) is -0.218. The van der Waals surface area contributed by atoms with Gasteiger partial charge in [0.25, 0.3) is 0 Å². The summed E-state index contributed by atoms with van der Waals surface area (Å²) in [6, 6.07) is 1.72. The molecule has 4 nitrogen and oxygen atoms in total.